The molecule has 12 heteroatoms. The highest BCUT2D eigenvalue weighted by Crippen LogP contribution is 2.46. The van der Waals surface area contributed by atoms with E-state index >= 15 is 0 Å². The minimum absolute atomic E-state index is 0.0808. The fraction of sp³-hybridized carbons (Fsp3) is 0.407. The molecule has 4 amide bonds. The minimum atomic E-state index is -4.79. The van der Waals surface area contributed by atoms with Crippen LogP contribution in [0.4, 0.5) is 28.0 Å². The van der Waals surface area contributed by atoms with Gasteiger partial charge in [0.25, 0.3) is 5.91 Å². The van der Waals surface area contributed by atoms with Crippen LogP contribution in [0.3, 0.4) is 0 Å². The number of fused-ring (bicyclic) bond motifs is 2. The number of ether oxygens (including phenoxy) is 1. The Morgan fingerprint density at radius 2 is 1.77 bits per heavy atom. The Hall–Kier alpha value is -3.96. The van der Waals surface area contributed by atoms with E-state index in [0.29, 0.717) is 33.0 Å². The number of hydrogen-bond donors (Lipinski definition) is 1. The van der Waals surface area contributed by atoms with E-state index in [1.807, 2.05) is 0 Å². The molecule has 0 bridgehead atoms. The smallest absolute Gasteiger partial charge is 0.418 e. The van der Waals surface area contributed by atoms with Crippen molar-refractivity contribution in [2.24, 2.45) is 5.92 Å². The first-order chi connectivity index (χ1) is 18.2. The number of alkyl halides is 3. The summed E-state index contributed by atoms with van der Waals surface area (Å²) >= 11 is 0. The van der Waals surface area contributed by atoms with Crippen molar-refractivity contribution in [2.45, 2.75) is 58.0 Å². The van der Waals surface area contributed by atoms with Gasteiger partial charge in [0.2, 0.25) is 17.4 Å². The van der Waals surface area contributed by atoms with Gasteiger partial charge in [-0.25, -0.2) is 14.1 Å². The van der Waals surface area contributed by atoms with Gasteiger partial charge in [-0.1, -0.05) is 32.0 Å². The van der Waals surface area contributed by atoms with Crippen LogP contribution in [0.5, 0.6) is 0 Å². The van der Waals surface area contributed by atoms with Gasteiger partial charge in [-0.3, -0.25) is 14.4 Å². The Balaban J connectivity index is 1.56. The van der Waals surface area contributed by atoms with E-state index in [4.69, 9.17) is 4.74 Å². The number of halogens is 4. The lowest BCUT2D eigenvalue weighted by Gasteiger charge is -2.31. The van der Waals surface area contributed by atoms with E-state index < -0.39 is 54.6 Å². The van der Waals surface area contributed by atoms with Gasteiger partial charge in [0, 0.05) is 30.1 Å². The molecule has 0 radical (unpaired) electrons. The van der Waals surface area contributed by atoms with Crippen molar-refractivity contribution >= 4 is 29.5 Å². The lowest BCUT2D eigenvalue weighted by Crippen LogP contribution is -2.51. The fourth-order valence-electron chi connectivity index (χ4n) is 4.65. The molecule has 1 N–H and O–H groups in total. The van der Waals surface area contributed by atoms with E-state index in [0.717, 1.165) is 19.1 Å². The third-order valence-corrected chi connectivity index (χ3v) is 6.97. The predicted molar refractivity (Wildman–Crippen MR) is 131 cm³/mol. The first-order valence-corrected chi connectivity index (χ1v) is 12.3. The number of amides is 4. The number of rotatable bonds is 7. The molecule has 208 valence electrons. The van der Waals surface area contributed by atoms with Crippen molar-refractivity contribution in [3.05, 3.63) is 65.0 Å². The Kier molecular flexibility index (Phi) is 7.42. The lowest BCUT2D eigenvalue weighted by molar-refractivity contribution is -0.187. The number of benzene rings is 2. The molecule has 8 nitrogen and oxygen atoms in total. The monoisotopic (exact) mass is 549 g/mol. The molecule has 1 fully saturated rings. The zero-order valence-corrected chi connectivity index (χ0v) is 21.5. The molecule has 2 atom stereocenters. The van der Waals surface area contributed by atoms with Crippen molar-refractivity contribution in [3.8, 4) is 0 Å². The van der Waals surface area contributed by atoms with Gasteiger partial charge in [-0.15, -0.1) is 0 Å². The SMILES string of the molecule is CC(C)C(=O)Nc1ccc2c(c1)CCC21OC(=O)N(CC(=O)N(Cc2ccc(F)cc2)[C@@H](C)C(F)(F)F)C1=O. The summed E-state index contributed by atoms with van der Waals surface area (Å²) in [6.45, 7) is 2.78. The van der Waals surface area contributed by atoms with Gasteiger partial charge in [0.15, 0.2) is 0 Å². The quantitative estimate of drug-likeness (QED) is 0.513. The molecule has 39 heavy (non-hydrogen) atoms. The summed E-state index contributed by atoms with van der Waals surface area (Å²) in [5.41, 5.74) is 0.0911. The second-order valence-electron chi connectivity index (χ2n) is 9.97. The van der Waals surface area contributed by atoms with Crippen LogP contribution >= 0.6 is 0 Å². The standard InChI is InChI=1S/C27H27F4N3O5/c1-15(2)23(36)32-20-8-9-21-18(12-20)10-11-26(21)24(37)34(25(38)39-26)14-22(35)33(16(3)27(29,30)31)13-17-4-6-19(28)7-5-17/h4-9,12,15-16H,10-11,13-14H2,1-3H3,(H,32,36)/t16-,26?/m0/s1. The summed E-state index contributed by atoms with van der Waals surface area (Å²) in [7, 11) is 0. The van der Waals surface area contributed by atoms with Crippen molar-refractivity contribution in [3.63, 3.8) is 0 Å². The first-order valence-electron chi connectivity index (χ1n) is 12.3. The number of nitrogens with zero attached hydrogens (tertiary/aromatic N) is 2. The summed E-state index contributed by atoms with van der Waals surface area (Å²) in [4.78, 5) is 52.4. The Bertz CT molecular complexity index is 1310. The maximum Gasteiger partial charge on any atom is 0.418 e. The summed E-state index contributed by atoms with van der Waals surface area (Å²) in [5, 5.41) is 2.76. The number of carbonyl (C=O) groups excluding carboxylic acids is 4. The molecule has 0 aromatic heterocycles. The number of anilines is 1. The predicted octanol–water partition coefficient (Wildman–Crippen LogP) is 4.52. The number of carbonyl (C=O) groups is 4. The largest absolute Gasteiger partial charge is 0.427 e. The Labute approximate surface area is 221 Å². The number of nitrogens with one attached hydrogen (secondary N) is 1. The summed E-state index contributed by atoms with van der Waals surface area (Å²) in [6, 6.07) is 7.15. The average molecular weight is 550 g/mol. The van der Waals surface area contributed by atoms with Crippen molar-refractivity contribution < 1.29 is 41.5 Å². The summed E-state index contributed by atoms with van der Waals surface area (Å²) < 4.78 is 59.6. The molecule has 1 unspecified atom stereocenters. The zero-order chi connectivity index (χ0) is 28.7. The molecular weight excluding hydrogens is 522 g/mol. The van der Waals surface area contributed by atoms with E-state index in [1.165, 1.54) is 12.1 Å². The normalized spacial score (nSPS) is 19.3. The molecule has 2 aromatic carbocycles. The molecule has 2 aromatic rings. The van der Waals surface area contributed by atoms with Crippen LogP contribution in [0.2, 0.25) is 0 Å². The highest BCUT2D eigenvalue weighted by atomic mass is 19.4. The molecule has 4 rings (SSSR count). The highest BCUT2D eigenvalue weighted by molar-refractivity contribution is 6.06. The third-order valence-electron chi connectivity index (χ3n) is 6.97. The van der Waals surface area contributed by atoms with Crippen LogP contribution in [-0.2, 0) is 37.7 Å². The number of imide groups is 1. The summed E-state index contributed by atoms with van der Waals surface area (Å²) in [5.74, 6) is -3.02. The van der Waals surface area contributed by atoms with Crippen LogP contribution in [0.1, 0.15) is 43.9 Å². The Morgan fingerprint density at radius 1 is 1.10 bits per heavy atom. The van der Waals surface area contributed by atoms with Crippen LogP contribution in [0, 0.1) is 11.7 Å². The van der Waals surface area contributed by atoms with Crippen LogP contribution in [0.25, 0.3) is 0 Å². The van der Waals surface area contributed by atoms with Gasteiger partial charge in [0.1, 0.15) is 18.4 Å². The summed E-state index contributed by atoms with van der Waals surface area (Å²) in [6.07, 6.45) is -5.51. The minimum Gasteiger partial charge on any atom is -0.427 e. The average Bonchev–Trinajstić information content (AvgIpc) is 3.34. The molecule has 1 spiro atoms. The zero-order valence-electron chi connectivity index (χ0n) is 21.5. The third kappa shape index (κ3) is 5.45. The molecule has 0 saturated carbocycles. The maximum absolute atomic E-state index is 13.6. The van der Waals surface area contributed by atoms with Crippen molar-refractivity contribution in [1.29, 1.82) is 0 Å². The molecular formula is C27H27F4N3O5. The van der Waals surface area contributed by atoms with Gasteiger partial charge < -0.3 is 15.0 Å². The second kappa shape index (κ2) is 10.3. The van der Waals surface area contributed by atoms with E-state index in [9.17, 15) is 36.7 Å². The van der Waals surface area contributed by atoms with E-state index in [-0.39, 0.29) is 23.8 Å². The molecule has 1 heterocycles. The number of hydrogen-bond acceptors (Lipinski definition) is 5. The van der Waals surface area contributed by atoms with E-state index in [1.54, 1.807) is 32.0 Å². The first kappa shape index (κ1) is 28.1. The van der Waals surface area contributed by atoms with E-state index in [2.05, 4.69) is 5.32 Å². The molecule has 1 aliphatic carbocycles. The second-order valence-corrected chi connectivity index (χ2v) is 9.97. The van der Waals surface area contributed by atoms with Gasteiger partial charge >= 0.3 is 12.3 Å². The van der Waals surface area contributed by atoms with Crippen LogP contribution in [0.15, 0.2) is 42.5 Å². The molecule has 2 aliphatic rings. The highest BCUT2D eigenvalue weighted by Gasteiger charge is 2.58. The van der Waals surface area contributed by atoms with Gasteiger partial charge in [-0.2, -0.15) is 13.2 Å². The Morgan fingerprint density at radius 3 is 2.38 bits per heavy atom. The maximum atomic E-state index is 13.6. The van der Waals surface area contributed by atoms with Gasteiger partial charge in [0.05, 0.1) is 0 Å². The molecule has 1 saturated heterocycles. The van der Waals surface area contributed by atoms with Gasteiger partial charge in [-0.05, 0) is 48.7 Å². The lowest BCUT2D eigenvalue weighted by atomic mass is 9.94. The van der Waals surface area contributed by atoms with Crippen LogP contribution in [-0.4, -0.2) is 52.4 Å². The molecule has 1 aliphatic heterocycles. The van der Waals surface area contributed by atoms with Crippen LogP contribution < -0.4 is 5.32 Å². The van der Waals surface area contributed by atoms with Crippen molar-refractivity contribution in [1.82, 2.24) is 9.80 Å². The fourth-order valence-corrected chi connectivity index (χ4v) is 4.65. The topological polar surface area (TPSA) is 96.0 Å². The number of aryl methyl sites for hydroxylation is 1. The van der Waals surface area contributed by atoms with Crippen molar-refractivity contribution in [2.75, 3.05) is 11.9 Å².